The Balaban J connectivity index is 2.66. The molecule has 1 heterocycles. The molecule has 1 fully saturated rings. The maximum Gasteiger partial charge on any atom is 0.0206 e. The average molecular weight is 211 g/mol. The molecule has 1 nitrogen and oxygen atoms in total. The number of hydrogen-bond acceptors (Lipinski definition) is 1. The summed E-state index contributed by atoms with van der Waals surface area (Å²) in [5.41, 5.74) is 0.436. The lowest BCUT2D eigenvalue weighted by Crippen LogP contribution is -2.50. The van der Waals surface area contributed by atoms with E-state index in [2.05, 4.69) is 33.0 Å². The van der Waals surface area contributed by atoms with E-state index < -0.39 is 0 Å². The highest BCUT2D eigenvalue weighted by Crippen LogP contribution is 2.33. The van der Waals surface area contributed by atoms with Crippen LogP contribution in [0.5, 0.6) is 0 Å². The molecule has 0 amide bonds. The number of rotatable bonds is 4. The molecule has 2 unspecified atom stereocenters. The second-order valence-electron chi connectivity index (χ2n) is 5.77. The third-order valence-corrected chi connectivity index (χ3v) is 4.29. The van der Waals surface area contributed by atoms with E-state index in [1.54, 1.807) is 0 Å². The molecule has 0 saturated carbocycles. The molecule has 0 aromatic rings. The van der Waals surface area contributed by atoms with Crippen molar-refractivity contribution in [2.24, 2.45) is 11.8 Å². The maximum atomic E-state index is 3.86. The lowest BCUT2D eigenvalue weighted by Gasteiger charge is -2.40. The zero-order valence-electron chi connectivity index (χ0n) is 11.1. The first-order chi connectivity index (χ1) is 7.10. The zero-order valence-corrected chi connectivity index (χ0v) is 11.1. The maximum absolute atomic E-state index is 3.86. The third kappa shape index (κ3) is 3.48. The monoisotopic (exact) mass is 211 g/mol. The Hall–Kier alpha value is -0.0400. The lowest BCUT2D eigenvalue weighted by atomic mass is 9.75. The summed E-state index contributed by atoms with van der Waals surface area (Å²) in [6, 6.07) is 0. The van der Waals surface area contributed by atoms with Crippen molar-refractivity contribution < 1.29 is 0 Å². The van der Waals surface area contributed by atoms with Crippen LogP contribution in [-0.2, 0) is 0 Å². The Morgan fingerprint density at radius 3 is 2.47 bits per heavy atom. The minimum atomic E-state index is 0.436. The van der Waals surface area contributed by atoms with Gasteiger partial charge in [-0.05, 0) is 37.6 Å². The predicted octanol–water partition coefficient (Wildman–Crippen LogP) is 3.98. The molecule has 1 aliphatic rings. The summed E-state index contributed by atoms with van der Waals surface area (Å²) in [6.07, 6.45) is 8.27. The minimum absolute atomic E-state index is 0.436. The van der Waals surface area contributed by atoms with Gasteiger partial charge in [-0.15, -0.1) is 0 Å². The molecule has 1 rings (SSSR count). The molecular formula is C14H29N. The van der Waals surface area contributed by atoms with Crippen molar-refractivity contribution >= 4 is 0 Å². The molecule has 2 atom stereocenters. The van der Waals surface area contributed by atoms with Gasteiger partial charge in [-0.3, -0.25) is 0 Å². The van der Waals surface area contributed by atoms with E-state index in [1.165, 1.54) is 45.1 Å². The molecule has 1 saturated heterocycles. The zero-order chi connectivity index (χ0) is 11.3. The normalized spacial score (nSPS) is 30.2. The van der Waals surface area contributed by atoms with Gasteiger partial charge in [0, 0.05) is 5.54 Å². The van der Waals surface area contributed by atoms with Crippen LogP contribution in [-0.4, -0.2) is 12.1 Å². The molecule has 1 N–H and O–H groups in total. The second kappa shape index (κ2) is 5.89. The van der Waals surface area contributed by atoms with E-state index in [4.69, 9.17) is 0 Å². The molecule has 0 spiro atoms. The van der Waals surface area contributed by atoms with Gasteiger partial charge >= 0.3 is 0 Å². The Bertz CT molecular complexity index is 166. The highest BCUT2D eigenvalue weighted by molar-refractivity contribution is 4.93. The highest BCUT2D eigenvalue weighted by atomic mass is 15.0. The standard InChI is InChI=1S/C14H29N/c1-5-13(4)11-14(12(2)3)9-7-6-8-10-15-14/h12-13,15H,5-11H2,1-4H3. The van der Waals surface area contributed by atoms with Gasteiger partial charge in [0.1, 0.15) is 0 Å². The van der Waals surface area contributed by atoms with Gasteiger partial charge in [0.15, 0.2) is 0 Å². The smallest absolute Gasteiger partial charge is 0.0206 e. The topological polar surface area (TPSA) is 12.0 Å². The Kier molecular flexibility index (Phi) is 5.11. The van der Waals surface area contributed by atoms with Crippen LogP contribution < -0.4 is 5.32 Å². The molecular weight excluding hydrogens is 182 g/mol. The van der Waals surface area contributed by atoms with E-state index in [-0.39, 0.29) is 0 Å². The van der Waals surface area contributed by atoms with E-state index in [1.807, 2.05) is 0 Å². The molecule has 0 aromatic carbocycles. The third-order valence-electron chi connectivity index (χ3n) is 4.29. The van der Waals surface area contributed by atoms with Crippen LogP contribution in [0.25, 0.3) is 0 Å². The van der Waals surface area contributed by atoms with Crippen LogP contribution in [0.3, 0.4) is 0 Å². The lowest BCUT2D eigenvalue weighted by molar-refractivity contribution is 0.180. The van der Waals surface area contributed by atoms with Gasteiger partial charge in [-0.2, -0.15) is 0 Å². The van der Waals surface area contributed by atoms with Crippen molar-refractivity contribution in [3.8, 4) is 0 Å². The van der Waals surface area contributed by atoms with Crippen LogP contribution in [0.1, 0.15) is 66.2 Å². The predicted molar refractivity (Wildman–Crippen MR) is 68.1 cm³/mol. The van der Waals surface area contributed by atoms with Crippen LogP contribution in [0.2, 0.25) is 0 Å². The summed E-state index contributed by atoms with van der Waals surface area (Å²) < 4.78 is 0. The molecule has 1 aliphatic heterocycles. The summed E-state index contributed by atoms with van der Waals surface area (Å²) in [4.78, 5) is 0. The van der Waals surface area contributed by atoms with Crippen LogP contribution in [0.4, 0.5) is 0 Å². The first-order valence-corrected chi connectivity index (χ1v) is 6.85. The van der Waals surface area contributed by atoms with Gasteiger partial charge in [0.05, 0.1) is 0 Å². The van der Waals surface area contributed by atoms with E-state index in [9.17, 15) is 0 Å². The fourth-order valence-corrected chi connectivity index (χ4v) is 2.84. The number of nitrogens with one attached hydrogen (secondary N) is 1. The SMILES string of the molecule is CCC(C)CC1(C(C)C)CCCCCN1. The van der Waals surface area contributed by atoms with Crippen LogP contribution >= 0.6 is 0 Å². The van der Waals surface area contributed by atoms with Crippen molar-refractivity contribution in [1.82, 2.24) is 5.32 Å². The summed E-state index contributed by atoms with van der Waals surface area (Å²) in [6.45, 7) is 10.7. The summed E-state index contributed by atoms with van der Waals surface area (Å²) in [7, 11) is 0. The number of hydrogen-bond donors (Lipinski definition) is 1. The Labute approximate surface area is 96.0 Å². The van der Waals surface area contributed by atoms with Gasteiger partial charge in [-0.25, -0.2) is 0 Å². The van der Waals surface area contributed by atoms with Crippen molar-refractivity contribution in [1.29, 1.82) is 0 Å². The largest absolute Gasteiger partial charge is 0.311 e. The van der Waals surface area contributed by atoms with Crippen molar-refractivity contribution in [3.63, 3.8) is 0 Å². The fourth-order valence-electron chi connectivity index (χ4n) is 2.84. The molecule has 0 aromatic heterocycles. The second-order valence-corrected chi connectivity index (χ2v) is 5.77. The van der Waals surface area contributed by atoms with E-state index in [0.29, 0.717) is 5.54 Å². The van der Waals surface area contributed by atoms with Crippen LogP contribution in [0.15, 0.2) is 0 Å². The fraction of sp³-hybridized carbons (Fsp3) is 1.00. The molecule has 0 bridgehead atoms. The van der Waals surface area contributed by atoms with Crippen LogP contribution in [0, 0.1) is 11.8 Å². The minimum Gasteiger partial charge on any atom is -0.311 e. The molecule has 90 valence electrons. The molecule has 0 aliphatic carbocycles. The molecule has 1 heteroatoms. The van der Waals surface area contributed by atoms with Gasteiger partial charge in [0.2, 0.25) is 0 Å². The first kappa shape index (κ1) is 13.0. The quantitative estimate of drug-likeness (QED) is 0.741. The highest BCUT2D eigenvalue weighted by Gasteiger charge is 2.34. The van der Waals surface area contributed by atoms with Crippen molar-refractivity contribution in [3.05, 3.63) is 0 Å². The van der Waals surface area contributed by atoms with Gasteiger partial charge in [-0.1, -0.05) is 47.0 Å². The van der Waals surface area contributed by atoms with E-state index in [0.717, 1.165) is 11.8 Å². The van der Waals surface area contributed by atoms with E-state index >= 15 is 0 Å². The van der Waals surface area contributed by atoms with Gasteiger partial charge < -0.3 is 5.32 Å². The summed E-state index contributed by atoms with van der Waals surface area (Å²) in [5, 5.41) is 3.86. The Morgan fingerprint density at radius 1 is 1.13 bits per heavy atom. The van der Waals surface area contributed by atoms with Gasteiger partial charge in [0.25, 0.3) is 0 Å². The molecule has 0 radical (unpaired) electrons. The Morgan fingerprint density at radius 2 is 1.87 bits per heavy atom. The summed E-state index contributed by atoms with van der Waals surface area (Å²) in [5.74, 6) is 1.63. The van der Waals surface area contributed by atoms with Crippen molar-refractivity contribution in [2.45, 2.75) is 71.8 Å². The molecule has 15 heavy (non-hydrogen) atoms. The summed E-state index contributed by atoms with van der Waals surface area (Å²) >= 11 is 0. The first-order valence-electron chi connectivity index (χ1n) is 6.85. The average Bonchev–Trinajstić information content (AvgIpc) is 2.44. The van der Waals surface area contributed by atoms with Crippen molar-refractivity contribution in [2.75, 3.05) is 6.54 Å².